The smallest absolute Gasteiger partial charge is 0.219 e. The predicted molar refractivity (Wildman–Crippen MR) is 52.0 cm³/mol. The SMILES string of the molecule is CC.CCC(=O)NC1CCCC1. The van der Waals surface area contributed by atoms with E-state index >= 15 is 0 Å². The Balaban J connectivity index is 0.000000561. The summed E-state index contributed by atoms with van der Waals surface area (Å²) in [5.74, 6) is 0.201. The van der Waals surface area contributed by atoms with Crippen molar-refractivity contribution in [2.75, 3.05) is 0 Å². The molecule has 0 saturated heterocycles. The molecule has 0 atom stereocenters. The maximum atomic E-state index is 10.9. The van der Waals surface area contributed by atoms with E-state index in [4.69, 9.17) is 0 Å². The second-order valence-electron chi connectivity index (χ2n) is 2.90. The van der Waals surface area contributed by atoms with E-state index in [0.29, 0.717) is 12.5 Å². The lowest BCUT2D eigenvalue weighted by Gasteiger charge is -2.09. The van der Waals surface area contributed by atoms with Crippen LogP contribution in [0.3, 0.4) is 0 Å². The van der Waals surface area contributed by atoms with Gasteiger partial charge in [0.05, 0.1) is 0 Å². The molecule has 0 bridgehead atoms. The molecule has 72 valence electrons. The number of hydrogen-bond acceptors (Lipinski definition) is 1. The molecule has 12 heavy (non-hydrogen) atoms. The molecule has 0 heterocycles. The van der Waals surface area contributed by atoms with E-state index in [-0.39, 0.29) is 5.91 Å². The van der Waals surface area contributed by atoms with E-state index in [1.807, 2.05) is 20.8 Å². The molecule has 1 amide bonds. The lowest BCUT2D eigenvalue weighted by molar-refractivity contribution is -0.121. The third-order valence-electron chi connectivity index (χ3n) is 2.04. The van der Waals surface area contributed by atoms with Crippen LogP contribution in [0.25, 0.3) is 0 Å². The molecule has 1 N–H and O–H groups in total. The molecule has 0 radical (unpaired) electrons. The first kappa shape index (κ1) is 11.5. The first-order valence-corrected chi connectivity index (χ1v) is 5.12. The summed E-state index contributed by atoms with van der Waals surface area (Å²) < 4.78 is 0. The summed E-state index contributed by atoms with van der Waals surface area (Å²) >= 11 is 0. The van der Waals surface area contributed by atoms with Crippen molar-refractivity contribution in [1.82, 2.24) is 5.32 Å². The molecule has 0 aromatic rings. The molecule has 1 saturated carbocycles. The van der Waals surface area contributed by atoms with Crippen molar-refractivity contribution in [3.63, 3.8) is 0 Å². The standard InChI is InChI=1S/C8H15NO.C2H6/c1-2-8(10)9-7-5-3-4-6-7;1-2/h7H,2-6H2,1H3,(H,9,10);1-2H3. The molecular formula is C10H21NO. The molecule has 1 aliphatic carbocycles. The number of rotatable bonds is 2. The highest BCUT2D eigenvalue weighted by atomic mass is 16.1. The normalized spacial score (nSPS) is 16.6. The van der Waals surface area contributed by atoms with E-state index in [1.165, 1.54) is 25.7 Å². The molecule has 2 heteroatoms. The Hall–Kier alpha value is -0.530. The van der Waals surface area contributed by atoms with Crippen LogP contribution in [-0.2, 0) is 4.79 Å². The Bertz CT molecular complexity index is 117. The van der Waals surface area contributed by atoms with Gasteiger partial charge < -0.3 is 5.32 Å². The first-order chi connectivity index (χ1) is 5.83. The van der Waals surface area contributed by atoms with Crippen molar-refractivity contribution < 1.29 is 4.79 Å². The Labute approximate surface area is 75.7 Å². The molecule has 1 fully saturated rings. The highest BCUT2D eigenvalue weighted by Crippen LogP contribution is 2.17. The minimum atomic E-state index is 0.201. The molecule has 0 aromatic heterocycles. The lowest BCUT2D eigenvalue weighted by atomic mass is 10.2. The highest BCUT2D eigenvalue weighted by Gasteiger charge is 2.15. The van der Waals surface area contributed by atoms with E-state index in [1.54, 1.807) is 0 Å². The summed E-state index contributed by atoms with van der Waals surface area (Å²) in [6.07, 6.45) is 5.57. The fourth-order valence-corrected chi connectivity index (χ4v) is 1.40. The monoisotopic (exact) mass is 171 g/mol. The van der Waals surface area contributed by atoms with Gasteiger partial charge in [0.1, 0.15) is 0 Å². The van der Waals surface area contributed by atoms with Crippen LogP contribution in [-0.4, -0.2) is 11.9 Å². The topological polar surface area (TPSA) is 29.1 Å². The maximum absolute atomic E-state index is 10.9. The zero-order valence-corrected chi connectivity index (χ0v) is 8.52. The van der Waals surface area contributed by atoms with E-state index in [0.717, 1.165) is 0 Å². The van der Waals surface area contributed by atoms with E-state index < -0.39 is 0 Å². The van der Waals surface area contributed by atoms with Gasteiger partial charge in [-0.3, -0.25) is 4.79 Å². The van der Waals surface area contributed by atoms with Crippen LogP contribution < -0.4 is 5.32 Å². The quantitative estimate of drug-likeness (QED) is 0.679. The van der Waals surface area contributed by atoms with Gasteiger partial charge in [0, 0.05) is 12.5 Å². The molecular weight excluding hydrogens is 150 g/mol. The van der Waals surface area contributed by atoms with Crippen molar-refractivity contribution >= 4 is 5.91 Å². The summed E-state index contributed by atoms with van der Waals surface area (Å²) in [5.41, 5.74) is 0. The summed E-state index contributed by atoms with van der Waals surface area (Å²) in [6.45, 7) is 5.89. The van der Waals surface area contributed by atoms with Crippen LogP contribution >= 0.6 is 0 Å². The lowest BCUT2D eigenvalue weighted by Crippen LogP contribution is -2.31. The zero-order valence-electron chi connectivity index (χ0n) is 8.52. The molecule has 0 unspecified atom stereocenters. The highest BCUT2D eigenvalue weighted by molar-refractivity contribution is 5.75. The number of amides is 1. The predicted octanol–water partition coefficient (Wildman–Crippen LogP) is 2.48. The van der Waals surface area contributed by atoms with Crippen LogP contribution in [0.5, 0.6) is 0 Å². The maximum Gasteiger partial charge on any atom is 0.219 e. The molecule has 0 spiro atoms. The Morgan fingerprint density at radius 3 is 2.25 bits per heavy atom. The minimum Gasteiger partial charge on any atom is -0.353 e. The number of nitrogens with one attached hydrogen (secondary N) is 1. The summed E-state index contributed by atoms with van der Waals surface area (Å²) in [7, 11) is 0. The average molecular weight is 171 g/mol. The van der Waals surface area contributed by atoms with Crippen LogP contribution in [0.2, 0.25) is 0 Å². The van der Waals surface area contributed by atoms with Crippen molar-refractivity contribution in [3.8, 4) is 0 Å². The van der Waals surface area contributed by atoms with Crippen molar-refractivity contribution in [1.29, 1.82) is 0 Å². The molecule has 2 nitrogen and oxygen atoms in total. The van der Waals surface area contributed by atoms with Crippen molar-refractivity contribution in [2.45, 2.75) is 58.9 Å². The fourth-order valence-electron chi connectivity index (χ4n) is 1.40. The van der Waals surface area contributed by atoms with Gasteiger partial charge in [0.2, 0.25) is 5.91 Å². The summed E-state index contributed by atoms with van der Waals surface area (Å²) in [6, 6.07) is 0.493. The number of hydrogen-bond donors (Lipinski definition) is 1. The van der Waals surface area contributed by atoms with Crippen molar-refractivity contribution in [3.05, 3.63) is 0 Å². The van der Waals surface area contributed by atoms with Gasteiger partial charge in [0.25, 0.3) is 0 Å². The van der Waals surface area contributed by atoms with Gasteiger partial charge in [-0.05, 0) is 12.8 Å². The zero-order chi connectivity index (χ0) is 9.40. The second-order valence-corrected chi connectivity index (χ2v) is 2.90. The Morgan fingerprint density at radius 2 is 1.83 bits per heavy atom. The second kappa shape index (κ2) is 7.14. The minimum absolute atomic E-state index is 0.201. The summed E-state index contributed by atoms with van der Waals surface area (Å²) in [5, 5.41) is 2.99. The Kier molecular flexibility index (Phi) is 6.82. The van der Waals surface area contributed by atoms with E-state index in [9.17, 15) is 4.79 Å². The third kappa shape index (κ3) is 4.37. The molecule has 1 rings (SSSR count). The van der Waals surface area contributed by atoms with Crippen LogP contribution in [0.1, 0.15) is 52.9 Å². The van der Waals surface area contributed by atoms with Gasteiger partial charge >= 0.3 is 0 Å². The largest absolute Gasteiger partial charge is 0.353 e. The number of carbonyl (C=O) groups is 1. The first-order valence-electron chi connectivity index (χ1n) is 5.12. The summed E-state index contributed by atoms with van der Waals surface area (Å²) in [4.78, 5) is 10.9. The molecule has 1 aliphatic rings. The average Bonchev–Trinajstić information content (AvgIpc) is 2.60. The van der Waals surface area contributed by atoms with Gasteiger partial charge in [-0.1, -0.05) is 33.6 Å². The van der Waals surface area contributed by atoms with Crippen molar-refractivity contribution in [2.24, 2.45) is 0 Å². The van der Waals surface area contributed by atoms with Gasteiger partial charge in [0.15, 0.2) is 0 Å². The van der Waals surface area contributed by atoms with Gasteiger partial charge in [-0.25, -0.2) is 0 Å². The molecule has 0 aromatic carbocycles. The molecule has 0 aliphatic heterocycles. The van der Waals surface area contributed by atoms with E-state index in [2.05, 4.69) is 5.32 Å². The Morgan fingerprint density at radius 1 is 1.33 bits per heavy atom. The number of carbonyl (C=O) groups excluding carboxylic acids is 1. The van der Waals surface area contributed by atoms with Crippen LogP contribution in [0, 0.1) is 0 Å². The van der Waals surface area contributed by atoms with Gasteiger partial charge in [-0.15, -0.1) is 0 Å². The fraction of sp³-hybridized carbons (Fsp3) is 0.900. The van der Waals surface area contributed by atoms with Gasteiger partial charge in [-0.2, -0.15) is 0 Å². The third-order valence-corrected chi connectivity index (χ3v) is 2.04. The van der Waals surface area contributed by atoms with Crippen LogP contribution in [0.15, 0.2) is 0 Å². The van der Waals surface area contributed by atoms with Crippen LogP contribution in [0.4, 0.5) is 0 Å².